The summed E-state index contributed by atoms with van der Waals surface area (Å²) in [5.74, 6) is -0.278. The average Bonchev–Trinajstić information content (AvgIpc) is 2.32. The van der Waals surface area contributed by atoms with E-state index in [4.69, 9.17) is 11.6 Å². The maximum absolute atomic E-state index is 12.0. The van der Waals surface area contributed by atoms with E-state index in [-0.39, 0.29) is 30.9 Å². The van der Waals surface area contributed by atoms with Gasteiger partial charge in [-0.3, -0.25) is 14.5 Å². The van der Waals surface area contributed by atoms with Gasteiger partial charge in [-0.2, -0.15) is 0 Å². The number of hydrogen-bond acceptors (Lipinski definition) is 3. The van der Waals surface area contributed by atoms with Gasteiger partial charge in [-0.05, 0) is 45.5 Å². The summed E-state index contributed by atoms with van der Waals surface area (Å²) in [7, 11) is 1.73. The van der Waals surface area contributed by atoms with Gasteiger partial charge >= 0.3 is 0 Å². The molecule has 0 unspecified atom stereocenters. The van der Waals surface area contributed by atoms with E-state index in [1.54, 1.807) is 24.1 Å². The lowest BCUT2D eigenvalue weighted by molar-refractivity contribution is -0.123. The number of anilines is 1. The van der Waals surface area contributed by atoms with Crippen LogP contribution in [0.2, 0.25) is 5.02 Å². The van der Waals surface area contributed by atoms with Crippen LogP contribution in [0.4, 0.5) is 5.69 Å². The SMILES string of the molecule is Cc1ccc(Cl)cc1NC(=O)CN(C)CC(=O)NC(C)C. The fourth-order valence-electron chi connectivity index (χ4n) is 1.83. The fraction of sp³-hybridized carbons (Fsp3) is 0.467. The van der Waals surface area contributed by atoms with Gasteiger partial charge in [0, 0.05) is 16.8 Å². The van der Waals surface area contributed by atoms with E-state index in [2.05, 4.69) is 10.6 Å². The molecule has 1 rings (SSSR count). The number of nitrogens with one attached hydrogen (secondary N) is 2. The van der Waals surface area contributed by atoms with Crippen molar-refractivity contribution in [1.82, 2.24) is 10.2 Å². The number of rotatable bonds is 6. The molecule has 2 amide bonds. The summed E-state index contributed by atoms with van der Waals surface area (Å²) in [5.41, 5.74) is 1.63. The van der Waals surface area contributed by atoms with Crippen LogP contribution in [0.25, 0.3) is 0 Å². The second-order valence-corrected chi connectivity index (χ2v) is 5.84. The first-order valence-corrected chi connectivity index (χ1v) is 7.19. The Bertz CT molecular complexity index is 518. The molecule has 0 saturated carbocycles. The molecule has 1 aromatic carbocycles. The van der Waals surface area contributed by atoms with Crippen molar-refractivity contribution >= 4 is 29.1 Å². The lowest BCUT2D eigenvalue weighted by Gasteiger charge is -2.17. The van der Waals surface area contributed by atoms with Crippen LogP contribution in [0.5, 0.6) is 0 Å². The summed E-state index contributed by atoms with van der Waals surface area (Å²) in [6.45, 7) is 6.00. The zero-order chi connectivity index (χ0) is 16.0. The molecule has 0 aromatic heterocycles. The van der Waals surface area contributed by atoms with Crippen LogP contribution in [0.3, 0.4) is 0 Å². The molecule has 0 spiro atoms. The summed E-state index contributed by atoms with van der Waals surface area (Å²) >= 11 is 5.91. The molecule has 0 bridgehead atoms. The lowest BCUT2D eigenvalue weighted by Crippen LogP contribution is -2.41. The molecule has 21 heavy (non-hydrogen) atoms. The highest BCUT2D eigenvalue weighted by Gasteiger charge is 2.12. The number of carbonyl (C=O) groups excluding carboxylic acids is 2. The van der Waals surface area contributed by atoms with Gasteiger partial charge in [0.25, 0.3) is 0 Å². The molecule has 0 aliphatic carbocycles. The van der Waals surface area contributed by atoms with E-state index in [9.17, 15) is 9.59 Å². The van der Waals surface area contributed by atoms with Crippen molar-refractivity contribution in [3.63, 3.8) is 0 Å². The van der Waals surface area contributed by atoms with Gasteiger partial charge in [-0.25, -0.2) is 0 Å². The van der Waals surface area contributed by atoms with Gasteiger partial charge < -0.3 is 10.6 Å². The molecule has 116 valence electrons. The Labute approximate surface area is 130 Å². The number of carbonyl (C=O) groups is 2. The van der Waals surface area contributed by atoms with Crippen LogP contribution in [0.15, 0.2) is 18.2 Å². The molecular weight excluding hydrogens is 290 g/mol. The zero-order valence-electron chi connectivity index (χ0n) is 12.9. The number of nitrogens with zero attached hydrogens (tertiary/aromatic N) is 1. The summed E-state index contributed by atoms with van der Waals surface area (Å²) in [6, 6.07) is 5.42. The highest BCUT2D eigenvalue weighted by atomic mass is 35.5. The topological polar surface area (TPSA) is 61.4 Å². The predicted molar refractivity (Wildman–Crippen MR) is 85.6 cm³/mol. The number of aryl methyl sites for hydroxylation is 1. The maximum atomic E-state index is 12.0. The highest BCUT2D eigenvalue weighted by Crippen LogP contribution is 2.19. The monoisotopic (exact) mass is 311 g/mol. The third-order valence-electron chi connectivity index (χ3n) is 2.75. The average molecular weight is 312 g/mol. The number of halogens is 1. The maximum Gasteiger partial charge on any atom is 0.238 e. The minimum Gasteiger partial charge on any atom is -0.353 e. The first-order valence-electron chi connectivity index (χ1n) is 6.82. The Hall–Kier alpha value is -1.59. The molecule has 0 aliphatic heterocycles. The van der Waals surface area contributed by atoms with Crippen molar-refractivity contribution in [3.05, 3.63) is 28.8 Å². The van der Waals surface area contributed by atoms with E-state index in [0.29, 0.717) is 10.7 Å². The number of likely N-dealkylation sites (N-methyl/N-ethyl adjacent to an activating group) is 1. The number of amides is 2. The quantitative estimate of drug-likeness (QED) is 0.845. The van der Waals surface area contributed by atoms with E-state index in [0.717, 1.165) is 5.56 Å². The van der Waals surface area contributed by atoms with Crippen molar-refractivity contribution in [3.8, 4) is 0 Å². The van der Waals surface area contributed by atoms with E-state index >= 15 is 0 Å². The Kier molecular flexibility index (Phi) is 6.65. The van der Waals surface area contributed by atoms with Crippen molar-refractivity contribution in [1.29, 1.82) is 0 Å². The Morgan fingerprint density at radius 1 is 1.24 bits per heavy atom. The largest absolute Gasteiger partial charge is 0.353 e. The van der Waals surface area contributed by atoms with Crippen LogP contribution in [0.1, 0.15) is 19.4 Å². The van der Waals surface area contributed by atoms with Gasteiger partial charge in [0.15, 0.2) is 0 Å². The molecule has 0 heterocycles. The summed E-state index contributed by atoms with van der Waals surface area (Å²) in [5, 5.41) is 6.15. The lowest BCUT2D eigenvalue weighted by atomic mass is 10.2. The fourth-order valence-corrected chi connectivity index (χ4v) is 2.00. The minimum atomic E-state index is -0.180. The van der Waals surface area contributed by atoms with Gasteiger partial charge in [0.1, 0.15) is 0 Å². The molecule has 0 atom stereocenters. The van der Waals surface area contributed by atoms with Crippen molar-refractivity contribution < 1.29 is 9.59 Å². The zero-order valence-corrected chi connectivity index (χ0v) is 13.6. The number of hydrogen-bond donors (Lipinski definition) is 2. The van der Waals surface area contributed by atoms with E-state index in [1.165, 1.54) is 0 Å². The van der Waals surface area contributed by atoms with Gasteiger partial charge in [0.05, 0.1) is 13.1 Å². The minimum absolute atomic E-state index is 0.0915. The molecule has 0 fully saturated rings. The molecule has 0 aliphatic rings. The second kappa shape index (κ2) is 8.00. The summed E-state index contributed by atoms with van der Waals surface area (Å²) in [4.78, 5) is 25.2. The van der Waals surface area contributed by atoms with Crippen LogP contribution >= 0.6 is 11.6 Å². The van der Waals surface area contributed by atoms with Crippen LogP contribution in [-0.2, 0) is 9.59 Å². The van der Waals surface area contributed by atoms with Crippen molar-refractivity contribution in [2.75, 3.05) is 25.5 Å². The van der Waals surface area contributed by atoms with Crippen LogP contribution in [-0.4, -0.2) is 42.9 Å². The van der Waals surface area contributed by atoms with E-state index in [1.807, 2.05) is 26.8 Å². The molecular formula is C15H22ClN3O2. The third-order valence-corrected chi connectivity index (χ3v) is 2.99. The number of benzene rings is 1. The van der Waals surface area contributed by atoms with Gasteiger partial charge in [-0.1, -0.05) is 17.7 Å². The third kappa shape index (κ3) is 6.60. The molecule has 5 nitrogen and oxygen atoms in total. The van der Waals surface area contributed by atoms with Crippen LogP contribution < -0.4 is 10.6 Å². The first kappa shape index (κ1) is 17.5. The Balaban J connectivity index is 2.49. The highest BCUT2D eigenvalue weighted by molar-refractivity contribution is 6.31. The van der Waals surface area contributed by atoms with Crippen molar-refractivity contribution in [2.45, 2.75) is 26.8 Å². The standard InChI is InChI=1S/C15H22ClN3O2/c1-10(2)17-14(20)8-19(4)9-15(21)18-13-7-12(16)6-5-11(13)3/h5-7,10H,8-9H2,1-4H3,(H,17,20)(H,18,21). The first-order chi connectivity index (χ1) is 9.77. The predicted octanol–water partition coefficient (Wildman–Crippen LogP) is 2.04. The van der Waals surface area contributed by atoms with Crippen LogP contribution in [0, 0.1) is 6.92 Å². The molecule has 2 N–H and O–H groups in total. The Morgan fingerprint density at radius 3 is 2.48 bits per heavy atom. The second-order valence-electron chi connectivity index (χ2n) is 5.40. The molecule has 0 radical (unpaired) electrons. The summed E-state index contributed by atoms with van der Waals surface area (Å²) in [6.07, 6.45) is 0. The van der Waals surface area contributed by atoms with Crippen molar-refractivity contribution in [2.24, 2.45) is 0 Å². The normalized spacial score (nSPS) is 10.8. The molecule has 1 aromatic rings. The van der Waals surface area contributed by atoms with E-state index < -0.39 is 0 Å². The Morgan fingerprint density at radius 2 is 1.86 bits per heavy atom. The summed E-state index contributed by atoms with van der Waals surface area (Å²) < 4.78 is 0. The van der Waals surface area contributed by atoms with Gasteiger partial charge in [0.2, 0.25) is 11.8 Å². The molecule has 6 heteroatoms. The smallest absolute Gasteiger partial charge is 0.238 e. The van der Waals surface area contributed by atoms with Gasteiger partial charge in [-0.15, -0.1) is 0 Å². The molecule has 0 saturated heterocycles.